The highest BCUT2D eigenvalue weighted by Crippen LogP contribution is 2.23. The van der Waals surface area contributed by atoms with Crippen LogP contribution in [0.2, 0.25) is 0 Å². The molecule has 0 aliphatic carbocycles. The number of carbonyl (C=O) groups is 1. The SMILES string of the molecule is Cc1ccn2c(=O)cc(COC(=O)c3c(C)noc3C(C)C)nc2c1. The second-order valence-corrected chi connectivity index (χ2v) is 6.26. The van der Waals surface area contributed by atoms with Crippen molar-refractivity contribution in [3.63, 3.8) is 0 Å². The molecule has 0 saturated carbocycles. The predicted octanol–water partition coefficient (Wildman–Crippen LogP) is 2.78. The number of hydrogen-bond donors (Lipinski definition) is 0. The highest BCUT2D eigenvalue weighted by atomic mass is 16.5. The van der Waals surface area contributed by atoms with Crippen molar-refractivity contribution in [1.82, 2.24) is 14.5 Å². The van der Waals surface area contributed by atoms with Crippen molar-refractivity contribution in [2.75, 3.05) is 0 Å². The molecule has 0 amide bonds. The first-order chi connectivity index (χ1) is 11.9. The van der Waals surface area contributed by atoms with Crippen LogP contribution in [-0.2, 0) is 11.3 Å². The van der Waals surface area contributed by atoms with Crippen LogP contribution in [0.4, 0.5) is 0 Å². The largest absolute Gasteiger partial charge is 0.455 e. The van der Waals surface area contributed by atoms with E-state index in [9.17, 15) is 9.59 Å². The van der Waals surface area contributed by atoms with Crippen LogP contribution in [0.3, 0.4) is 0 Å². The van der Waals surface area contributed by atoms with Gasteiger partial charge in [0.2, 0.25) is 0 Å². The zero-order chi connectivity index (χ0) is 18.1. The van der Waals surface area contributed by atoms with Crippen molar-refractivity contribution in [2.45, 2.75) is 40.2 Å². The van der Waals surface area contributed by atoms with E-state index in [1.807, 2.05) is 26.8 Å². The molecule has 7 heteroatoms. The summed E-state index contributed by atoms with van der Waals surface area (Å²) in [6, 6.07) is 4.99. The average molecular weight is 341 g/mol. The van der Waals surface area contributed by atoms with Crippen LogP contribution >= 0.6 is 0 Å². The molecule has 25 heavy (non-hydrogen) atoms. The fraction of sp³-hybridized carbons (Fsp3) is 0.333. The van der Waals surface area contributed by atoms with Gasteiger partial charge in [-0.1, -0.05) is 19.0 Å². The lowest BCUT2D eigenvalue weighted by atomic mass is 10.1. The number of fused-ring (bicyclic) bond motifs is 1. The Morgan fingerprint density at radius 1 is 1.32 bits per heavy atom. The Morgan fingerprint density at radius 2 is 2.08 bits per heavy atom. The third-order valence-corrected chi connectivity index (χ3v) is 3.84. The van der Waals surface area contributed by atoms with Crippen LogP contribution in [-0.4, -0.2) is 20.5 Å². The number of aromatic nitrogens is 3. The van der Waals surface area contributed by atoms with Crippen molar-refractivity contribution < 1.29 is 14.1 Å². The molecule has 0 saturated heterocycles. The molecule has 0 N–H and O–H groups in total. The van der Waals surface area contributed by atoms with Crippen molar-refractivity contribution in [3.8, 4) is 0 Å². The van der Waals surface area contributed by atoms with E-state index in [2.05, 4.69) is 10.1 Å². The number of hydrogen-bond acceptors (Lipinski definition) is 6. The van der Waals surface area contributed by atoms with Gasteiger partial charge in [0, 0.05) is 18.2 Å². The van der Waals surface area contributed by atoms with Crippen LogP contribution in [0.15, 0.2) is 33.7 Å². The lowest BCUT2D eigenvalue weighted by Crippen LogP contribution is -2.17. The Kier molecular flexibility index (Phi) is 4.39. The molecule has 130 valence electrons. The van der Waals surface area contributed by atoms with Gasteiger partial charge in [-0.05, 0) is 31.5 Å². The topological polar surface area (TPSA) is 86.7 Å². The normalized spacial score (nSPS) is 11.2. The molecule has 0 fully saturated rings. The summed E-state index contributed by atoms with van der Waals surface area (Å²) in [5.41, 5.74) is 2.49. The van der Waals surface area contributed by atoms with Crippen LogP contribution in [0.1, 0.15) is 52.8 Å². The van der Waals surface area contributed by atoms with Crippen LogP contribution < -0.4 is 5.56 Å². The lowest BCUT2D eigenvalue weighted by molar-refractivity contribution is 0.0463. The van der Waals surface area contributed by atoms with E-state index in [0.29, 0.717) is 28.4 Å². The quantitative estimate of drug-likeness (QED) is 0.678. The van der Waals surface area contributed by atoms with Gasteiger partial charge in [-0.2, -0.15) is 0 Å². The second-order valence-electron chi connectivity index (χ2n) is 6.26. The highest BCUT2D eigenvalue weighted by Gasteiger charge is 2.24. The molecule has 0 aliphatic heterocycles. The predicted molar refractivity (Wildman–Crippen MR) is 90.6 cm³/mol. The Morgan fingerprint density at radius 3 is 2.80 bits per heavy atom. The van der Waals surface area contributed by atoms with E-state index in [1.165, 1.54) is 10.5 Å². The summed E-state index contributed by atoms with van der Waals surface area (Å²) in [6.07, 6.45) is 1.67. The first-order valence-electron chi connectivity index (χ1n) is 7.99. The number of nitrogens with zero attached hydrogens (tertiary/aromatic N) is 3. The molecule has 7 nitrogen and oxygen atoms in total. The summed E-state index contributed by atoms with van der Waals surface area (Å²) >= 11 is 0. The number of pyridine rings is 1. The summed E-state index contributed by atoms with van der Waals surface area (Å²) in [7, 11) is 0. The molecule has 3 aromatic heterocycles. The summed E-state index contributed by atoms with van der Waals surface area (Å²) in [4.78, 5) is 28.9. The van der Waals surface area contributed by atoms with Crippen LogP contribution in [0, 0.1) is 13.8 Å². The second kappa shape index (κ2) is 6.51. The fourth-order valence-electron chi connectivity index (χ4n) is 2.57. The van der Waals surface area contributed by atoms with Gasteiger partial charge in [0.25, 0.3) is 5.56 Å². The summed E-state index contributed by atoms with van der Waals surface area (Å²) in [5, 5.41) is 3.83. The Hall–Kier alpha value is -2.96. The first kappa shape index (κ1) is 16.9. The van der Waals surface area contributed by atoms with E-state index in [0.717, 1.165) is 5.56 Å². The third-order valence-electron chi connectivity index (χ3n) is 3.84. The molecule has 3 heterocycles. The van der Waals surface area contributed by atoms with E-state index in [4.69, 9.17) is 9.26 Å². The number of ether oxygens (including phenoxy) is 1. The molecule has 0 aliphatic rings. The summed E-state index contributed by atoms with van der Waals surface area (Å²) < 4.78 is 12.0. The van der Waals surface area contributed by atoms with Gasteiger partial charge in [-0.15, -0.1) is 0 Å². The van der Waals surface area contributed by atoms with Gasteiger partial charge in [0.15, 0.2) is 5.76 Å². The fourth-order valence-corrected chi connectivity index (χ4v) is 2.57. The molecule has 0 radical (unpaired) electrons. The number of carbonyl (C=O) groups excluding carboxylic acids is 1. The Bertz CT molecular complexity index is 1000. The van der Waals surface area contributed by atoms with Gasteiger partial charge in [-0.25, -0.2) is 9.78 Å². The monoisotopic (exact) mass is 341 g/mol. The Labute approximate surface area is 144 Å². The minimum atomic E-state index is -0.534. The van der Waals surface area contributed by atoms with E-state index < -0.39 is 5.97 Å². The molecule has 0 spiro atoms. The van der Waals surface area contributed by atoms with Gasteiger partial charge >= 0.3 is 5.97 Å². The molecule has 0 unspecified atom stereocenters. The van der Waals surface area contributed by atoms with E-state index >= 15 is 0 Å². The van der Waals surface area contributed by atoms with Crippen molar-refractivity contribution in [2.24, 2.45) is 0 Å². The molecule has 3 aromatic rings. The molecular formula is C18H19N3O4. The maximum absolute atomic E-state index is 12.4. The van der Waals surface area contributed by atoms with Crippen molar-refractivity contribution >= 4 is 11.6 Å². The smallest absolute Gasteiger partial charge is 0.344 e. The third kappa shape index (κ3) is 3.31. The molecule has 3 rings (SSSR count). The summed E-state index contributed by atoms with van der Waals surface area (Å²) in [5.74, 6) is -0.0338. The van der Waals surface area contributed by atoms with Gasteiger partial charge < -0.3 is 9.26 Å². The van der Waals surface area contributed by atoms with E-state index in [1.54, 1.807) is 19.2 Å². The lowest BCUT2D eigenvalue weighted by Gasteiger charge is -2.07. The van der Waals surface area contributed by atoms with Crippen molar-refractivity contribution in [1.29, 1.82) is 0 Å². The zero-order valence-corrected chi connectivity index (χ0v) is 14.6. The van der Waals surface area contributed by atoms with Crippen LogP contribution in [0.5, 0.6) is 0 Å². The number of rotatable bonds is 4. The zero-order valence-electron chi connectivity index (χ0n) is 14.6. The highest BCUT2D eigenvalue weighted by molar-refractivity contribution is 5.91. The first-order valence-corrected chi connectivity index (χ1v) is 7.99. The number of esters is 1. The standard InChI is InChI=1S/C18H19N3O4/c1-10(2)17-16(12(4)20-25-17)18(23)24-9-13-8-15(22)21-6-5-11(3)7-14(21)19-13/h5-8,10H,9H2,1-4H3. The van der Waals surface area contributed by atoms with Gasteiger partial charge in [-0.3, -0.25) is 9.20 Å². The maximum Gasteiger partial charge on any atom is 0.344 e. The Balaban J connectivity index is 1.84. The minimum Gasteiger partial charge on any atom is -0.455 e. The maximum atomic E-state index is 12.4. The van der Waals surface area contributed by atoms with E-state index in [-0.39, 0.29) is 18.1 Å². The summed E-state index contributed by atoms with van der Waals surface area (Å²) in [6.45, 7) is 7.33. The van der Waals surface area contributed by atoms with Crippen molar-refractivity contribution in [3.05, 3.63) is 63.0 Å². The van der Waals surface area contributed by atoms with Gasteiger partial charge in [0.1, 0.15) is 17.8 Å². The average Bonchev–Trinajstić information content (AvgIpc) is 2.94. The molecule has 0 aromatic carbocycles. The minimum absolute atomic E-state index is 0.00941. The molecule has 0 bridgehead atoms. The number of aryl methyl sites for hydroxylation is 2. The van der Waals surface area contributed by atoms with Crippen LogP contribution in [0.25, 0.3) is 5.65 Å². The van der Waals surface area contributed by atoms with Gasteiger partial charge in [0.05, 0.1) is 11.4 Å². The molecular weight excluding hydrogens is 322 g/mol. The molecule has 0 atom stereocenters.